The van der Waals surface area contributed by atoms with Crippen LogP contribution in [-0.4, -0.2) is 24.1 Å². The second kappa shape index (κ2) is 7.09. The SMILES string of the molecule is CC1(C)C(CC2CC3=NCCC=C3C2=O)C(C)(C)C1Oc1ccc(C#N)c(Br)c1. The van der Waals surface area contributed by atoms with Gasteiger partial charge in [0, 0.05) is 45.5 Å². The zero-order chi connectivity index (χ0) is 21.0. The Morgan fingerprint density at radius 3 is 2.62 bits per heavy atom. The molecule has 29 heavy (non-hydrogen) atoms. The highest BCUT2D eigenvalue weighted by atomic mass is 79.9. The number of dihydropyridines is 1. The summed E-state index contributed by atoms with van der Waals surface area (Å²) in [5.74, 6) is 1.49. The van der Waals surface area contributed by atoms with Crippen molar-refractivity contribution >= 4 is 27.4 Å². The zero-order valence-corrected chi connectivity index (χ0v) is 19.0. The Balaban J connectivity index is 1.50. The van der Waals surface area contributed by atoms with Gasteiger partial charge in [0.25, 0.3) is 0 Å². The third-order valence-electron chi connectivity index (χ3n) is 7.15. The highest BCUT2D eigenvalue weighted by Crippen LogP contribution is 2.62. The molecule has 0 amide bonds. The molecule has 0 aromatic heterocycles. The summed E-state index contributed by atoms with van der Waals surface area (Å²) in [6, 6.07) is 7.67. The number of halogens is 1. The number of rotatable bonds is 4. The molecule has 0 saturated heterocycles. The van der Waals surface area contributed by atoms with Crippen LogP contribution in [0, 0.1) is 34.0 Å². The lowest BCUT2D eigenvalue weighted by molar-refractivity contribution is -0.204. The first-order valence-corrected chi connectivity index (χ1v) is 11.1. The van der Waals surface area contributed by atoms with Crippen molar-refractivity contribution < 1.29 is 9.53 Å². The molecule has 2 saturated carbocycles. The fourth-order valence-electron chi connectivity index (χ4n) is 5.94. The van der Waals surface area contributed by atoms with E-state index in [-0.39, 0.29) is 28.6 Å². The molecule has 1 heterocycles. The van der Waals surface area contributed by atoms with E-state index in [4.69, 9.17) is 10.00 Å². The van der Waals surface area contributed by atoms with Crippen molar-refractivity contribution in [3.8, 4) is 11.8 Å². The molecule has 0 bridgehead atoms. The van der Waals surface area contributed by atoms with E-state index >= 15 is 0 Å². The van der Waals surface area contributed by atoms with Crippen LogP contribution in [0.2, 0.25) is 0 Å². The maximum atomic E-state index is 12.9. The van der Waals surface area contributed by atoms with Gasteiger partial charge in [-0.05, 0) is 52.9 Å². The maximum absolute atomic E-state index is 12.9. The third-order valence-corrected chi connectivity index (χ3v) is 7.81. The smallest absolute Gasteiger partial charge is 0.167 e. The first-order valence-electron chi connectivity index (χ1n) is 10.3. The van der Waals surface area contributed by atoms with Gasteiger partial charge in [0.2, 0.25) is 0 Å². The van der Waals surface area contributed by atoms with Gasteiger partial charge in [0.1, 0.15) is 17.9 Å². The fraction of sp³-hybridized carbons (Fsp3) is 0.542. The fourth-order valence-corrected chi connectivity index (χ4v) is 6.39. The minimum absolute atomic E-state index is 0.0372. The standard InChI is InChI=1S/C24H27BrN2O2/c1-23(2)20(11-15-10-19-17(21(15)28)6-5-9-27-19)24(3,4)22(23)29-16-8-7-14(13-26)18(25)12-16/h6-8,12,15,20,22H,5,9-11H2,1-4H3. The van der Waals surface area contributed by atoms with Crippen molar-refractivity contribution in [1.29, 1.82) is 5.26 Å². The number of fused-ring (bicyclic) bond motifs is 1. The Labute approximate surface area is 181 Å². The third kappa shape index (κ3) is 3.26. The van der Waals surface area contributed by atoms with E-state index in [0.29, 0.717) is 11.5 Å². The largest absolute Gasteiger partial charge is 0.489 e. The van der Waals surface area contributed by atoms with Crippen molar-refractivity contribution in [3.63, 3.8) is 0 Å². The number of Topliss-reactive ketones (excluding diaryl/α,β-unsaturated/α-hetero) is 1. The van der Waals surface area contributed by atoms with Crippen LogP contribution in [0.3, 0.4) is 0 Å². The summed E-state index contributed by atoms with van der Waals surface area (Å²) >= 11 is 3.44. The minimum Gasteiger partial charge on any atom is -0.489 e. The molecule has 1 aromatic rings. The molecule has 0 spiro atoms. The lowest BCUT2D eigenvalue weighted by atomic mass is 9.44. The molecule has 0 N–H and O–H groups in total. The number of hydrogen-bond donors (Lipinski definition) is 0. The summed E-state index contributed by atoms with van der Waals surface area (Å²) in [5, 5.41) is 9.12. The molecule has 1 aromatic carbocycles. The molecule has 1 unspecified atom stereocenters. The summed E-state index contributed by atoms with van der Waals surface area (Å²) in [5.41, 5.74) is 2.41. The number of ether oxygens (including phenoxy) is 1. The molecule has 0 radical (unpaired) electrons. The van der Waals surface area contributed by atoms with Gasteiger partial charge in [-0.15, -0.1) is 0 Å². The number of carbonyl (C=O) groups excluding carboxylic acids is 1. The van der Waals surface area contributed by atoms with E-state index in [1.54, 1.807) is 6.07 Å². The summed E-state index contributed by atoms with van der Waals surface area (Å²) < 4.78 is 7.17. The van der Waals surface area contributed by atoms with Gasteiger partial charge < -0.3 is 4.74 Å². The molecule has 4 rings (SSSR count). The number of nitrogens with zero attached hydrogens (tertiary/aromatic N) is 2. The topological polar surface area (TPSA) is 62.4 Å². The van der Waals surface area contributed by atoms with Crippen molar-refractivity contribution in [1.82, 2.24) is 0 Å². The van der Waals surface area contributed by atoms with Crippen LogP contribution in [0.15, 0.2) is 39.3 Å². The van der Waals surface area contributed by atoms with Crippen LogP contribution in [0.4, 0.5) is 0 Å². The normalized spacial score (nSPS) is 29.2. The van der Waals surface area contributed by atoms with Gasteiger partial charge in [0.15, 0.2) is 5.78 Å². The first kappa shape index (κ1) is 20.3. The number of aliphatic imine (C=N–C) groups is 1. The molecule has 5 heteroatoms. The molecular weight excluding hydrogens is 428 g/mol. The van der Waals surface area contributed by atoms with Crippen molar-refractivity contribution in [2.75, 3.05) is 6.54 Å². The Kier molecular flexibility index (Phi) is 4.98. The second-order valence-corrected chi connectivity index (χ2v) is 10.5. The van der Waals surface area contributed by atoms with Gasteiger partial charge >= 0.3 is 0 Å². The average Bonchev–Trinajstić information content (AvgIpc) is 3.00. The van der Waals surface area contributed by atoms with E-state index in [0.717, 1.165) is 47.3 Å². The van der Waals surface area contributed by atoms with Crippen LogP contribution in [-0.2, 0) is 4.79 Å². The van der Waals surface area contributed by atoms with Crippen molar-refractivity contribution in [2.45, 2.75) is 53.1 Å². The van der Waals surface area contributed by atoms with Crippen LogP contribution < -0.4 is 4.74 Å². The average molecular weight is 455 g/mol. The highest BCUT2D eigenvalue weighted by molar-refractivity contribution is 9.10. The zero-order valence-electron chi connectivity index (χ0n) is 17.5. The first-order chi connectivity index (χ1) is 13.7. The summed E-state index contributed by atoms with van der Waals surface area (Å²) in [7, 11) is 0. The molecule has 1 aliphatic heterocycles. The molecule has 4 nitrogen and oxygen atoms in total. The van der Waals surface area contributed by atoms with Gasteiger partial charge in [-0.1, -0.05) is 33.8 Å². The molecule has 2 aliphatic carbocycles. The predicted molar refractivity (Wildman–Crippen MR) is 117 cm³/mol. The predicted octanol–water partition coefficient (Wildman–Crippen LogP) is 5.50. The highest BCUT2D eigenvalue weighted by Gasteiger charge is 2.63. The van der Waals surface area contributed by atoms with Gasteiger partial charge in [-0.3, -0.25) is 9.79 Å². The van der Waals surface area contributed by atoms with Crippen LogP contribution >= 0.6 is 15.9 Å². The summed E-state index contributed by atoms with van der Waals surface area (Å²) in [6.45, 7) is 9.80. The Hall–Kier alpha value is -1.93. The molecule has 3 aliphatic rings. The van der Waals surface area contributed by atoms with Gasteiger partial charge in [-0.2, -0.15) is 5.26 Å². The van der Waals surface area contributed by atoms with E-state index < -0.39 is 0 Å². The number of hydrogen-bond acceptors (Lipinski definition) is 4. The summed E-state index contributed by atoms with van der Waals surface area (Å²) in [6.07, 6.45) is 4.67. The minimum atomic E-state index is -0.0475. The lowest BCUT2D eigenvalue weighted by Crippen LogP contribution is -2.66. The van der Waals surface area contributed by atoms with E-state index in [2.05, 4.69) is 60.8 Å². The maximum Gasteiger partial charge on any atom is 0.167 e. The Morgan fingerprint density at radius 1 is 1.28 bits per heavy atom. The van der Waals surface area contributed by atoms with Crippen molar-refractivity contribution in [3.05, 3.63) is 39.9 Å². The van der Waals surface area contributed by atoms with Crippen LogP contribution in [0.5, 0.6) is 5.75 Å². The van der Waals surface area contributed by atoms with E-state index in [1.165, 1.54) is 0 Å². The molecule has 152 valence electrons. The number of allylic oxidation sites excluding steroid dienone is 1. The lowest BCUT2D eigenvalue weighted by Gasteiger charge is -2.64. The number of nitriles is 1. The van der Waals surface area contributed by atoms with Gasteiger partial charge in [0.05, 0.1) is 5.56 Å². The van der Waals surface area contributed by atoms with Crippen LogP contribution in [0.25, 0.3) is 0 Å². The van der Waals surface area contributed by atoms with Crippen LogP contribution in [0.1, 0.15) is 52.5 Å². The van der Waals surface area contributed by atoms with Crippen molar-refractivity contribution in [2.24, 2.45) is 27.7 Å². The molecule has 1 atom stereocenters. The number of ketones is 1. The Bertz CT molecular complexity index is 952. The molecule has 2 fully saturated rings. The Morgan fingerprint density at radius 2 is 2.00 bits per heavy atom. The van der Waals surface area contributed by atoms with E-state index in [9.17, 15) is 4.79 Å². The van der Waals surface area contributed by atoms with E-state index in [1.807, 2.05) is 12.1 Å². The quantitative estimate of drug-likeness (QED) is 0.602. The molecular formula is C24H27BrN2O2. The van der Waals surface area contributed by atoms with Gasteiger partial charge in [-0.25, -0.2) is 0 Å². The number of carbonyl (C=O) groups is 1. The second-order valence-electron chi connectivity index (χ2n) is 9.68. The monoisotopic (exact) mass is 454 g/mol. The summed E-state index contributed by atoms with van der Waals surface area (Å²) in [4.78, 5) is 17.5. The number of benzene rings is 1.